The zero-order chi connectivity index (χ0) is 22.2. The van der Waals surface area contributed by atoms with E-state index >= 15 is 0 Å². The molecule has 3 heterocycles. The van der Waals surface area contributed by atoms with E-state index in [2.05, 4.69) is 25.1 Å². The third-order valence-electron chi connectivity index (χ3n) is 5.42. The van der Waals surface area contributed by atoms with Crippen LogP contribution in [0.5, 0.6) is 0 Å². The molecule has 3 rings (SSSR count). The predicted octanol–water partition coefficient (Wildman–Crippen LogP) is 1.12. The summed E-state index contributed by atoms with van der Waals surface area (Å²) in [5, 5.41) is 3.77. The first-order valence-corrected chi connectivity index (χ1v) is 12.1. The van der Waals surface area contributed by atoms with E-state index in [-0.39, 0.29) is 23.6 Å². The Bertz CT molecular complexity index is 764. The van der Waals surface area contributed by atoms with Gasteiger partial charge in [0.05, 0.1) is 19.0 Å². The molecule has 0 bridgehead atoms. The Hall–Kier alpha value is -1.62. The van der Waals surface area contributed by atoms with Gasteiger partial charge in [-0.05, 0) is 6.92 Å². The van der Waals surface area contributed by atoms with Crippen LogP contribution in [0.15, 0.2) is 11.2 Å². The van der Waals surface area contributed by atoms with Gasteiger partial charge in [0.2, 0.25) is 11.8 Å². The van der Waals surface area contributed by atoms with Crippen LogP contribution in [0.25, 0.3) is 0 Å². The number of hydrogen-bond acceptors (Lipinski definition) is 8. The molecule has 11 heteroatoms. The molecule has 1 atom stereocenters. The van der Waals surface area contributed by atoms with E-state index < -0.39 is 0 Å². The molecule has 0 saturated carbocycles. The molecule has 0 radical (unpaired) electrons. The molecular formula is C20H31ClN6O3S. The summed E-state index contributed by atoms with van der Waals surface area (Å²) < 4.78 is 5.33. The van der Waals surface area contributed by atoms with Gasteiger partial charge in [-0.3, -0.25) is 14.5 Å². The van der Waals surface area contributed by atoms with Gasteiger partial charge >= 0.3 is 0 Å². The highest BCUT2D eigenvalue weighted by Gasteiger charge is 2.27. The fraction of sp³-hybridized carbons (Fsp3) is 0.700. The molecular weight excluding hydrogens is 440 g/mol. The van der Waals surface area contributed by atoms with E-state index in [9.17, 15) is 9.59 Å². The van der Waals surface area contributed by atoms with Crippen molar-refractivity contribution in [1.29, 1.82) is 0 Å². The molecule has 2 saturated heterocycles. The Morgan fingerprint density at radius 3 is 2.74 bits per heavy atom. The summed E-state index contributed by atoms with van der Waals surface area (Å²) in [5.74, 6) is 1.08. The zero-order valence-electron chi connectivity index (χ0n) is 18.2. The second-order valence-corrected chi connectivity index (χ2v) is 8.99. The van der Waals surface area contributed by atoms with Crippen molar-refractivity contribution in [3.8, 4) is 0 Å². The number of nitrogens with one attached hydrogen (secondary N) is 1. The van der Waals surface area contributed by atoms with Crippen LogP contribution in [-0.4, -0.2) is 102 Å². The van der Waals surface area contributed by atoms with Crippen LogP contribution >= 0.6 is 23.4 Å². The number of amides is 2. The lowest BCUT2D eigenvalue weighted by Crippen LogP contribution is -2.54. The second kappa shape index (κ2) is 11.8. The molecule has 1 N–H and O–H groups in total. The minimum absolute atomic E-state index is 0.0521. The Labute approximate surface area is 192 Å². The van der Waals surface area contributed by atoms with E-state index in [4.69, 9.17) is 16.3 Å². The predicted molar refractivity (Wildman–Crippen MR) is 122 cm³/mol. The normalized spacial score (nSPS) is 20.0. The van der Waals surface area contributed by atoms with Crippen molar-refractivity contribution in [2.24, 2.45) is 0 Å². The number of anilines is 1. The second-order valence-electron chi connectivity index (χ2n) is 7.66. The number of aromatic nitrogens is 2. The third-order valence-corrected chi connectivity index (χ3v) is 6.46. The molecule has 2 aliphatic rings. The molecule has 31 heavy (non-hydrogen) atoms. The molecule has 1 aromatic rings. The molecule has 2 fully saturated rings. The number of morpholine rings is 1. The summed E-state index contributed by atoms with van der Waals surface area (Å²) in [6, 6.07) is 1.83. The summed E-state index contributed by atoms with van der Waals surface area (Å²) in [7, 11) is 0. The number of rotatable bonds is 8. The van der Waals surface area contributed by atoms with Crippen LogP contribution < -0.4 is 10.2 Å². The van der Waals surface area contributed by atoms with Crippen molar-refractivity contribution in [2.75, 3.05) is 69.7 Å². The first kappa shape index (κ1) is 24.0. The van der Waals surface area contributed by atoms with Gasteiger partial charge in [-0.25, -0.2) is 9.97 Å². The van der Waals surface area contributed by atoms with E-state index in [0.29, 0.717) is 42.9 Å². The topological polar surface area (TPSA) is 90.9 Å². The van der Waals surface area contributed by atoms with Crippen molar-refractivity contribution >= 4 is 41.0 Å². The number of carbonyl (C=O) groups excluding carboxylic acids is 2. The van der Waals surface area contributed by atoms with E-state index in [0.717, 1.165) is 38.7 Å². The van der Waals surface area contributed by atoms with Crippen LogP contribution in [0.2, 0.25) is 5.15 Å². The van der Waals surface area contributed by atoms with Gasteiger partial charge in [-0.1, -0.05) is 30.3 Å². The molecule has 0 aromatic carbocycles. The van der Waals surface area contributed by atoms with Crippen molar-refractivity contribution in [1.82, 2.24) is 25.1 Å². The Morgan fingerprint density at radius 2 is 2.03 bits per heavy atom. The number of carbonyl (C=O) groups is 2. The van der Waals surface area contributed by atoms with Gasteiger partial charge < -0.3 is 19.9 Å². The van der Waals surface area contributed by atoms with Gasteiger partial charge in [0, 0.05) is 64.3 Å². The number of thioether (sulfide) groups is 1. The van der Waals surface area contributed by atoms with Gasteiger partial charge in [0.25, 0.3) is 0 Å². The number of piperazine rings is 1. The standard InChI is InChI=1S/C20H31ClN6O3S/c1-3-19(29)27-7-6-26(13-15(27)2)17-12-16(21)23-20(24-17)31-14-18(28)22-4-5-25-8-10-30-11-9-25/h12,15H,3-11,13-14H2,1-2H3,(H,22,28). The maximum atomic E-state index is 12.2. The lowest BCUT2D eigenvalue weighted by molar-refractivity contribution is -0.133. The van der Waals surface area contributed by atoms with Crippen LogP contribution in [0.3, 0.4) is 0 Å². The SMILES string of the molecule is CCC(=O)N1CCN(c2cc(Cl)nc(SCC(=O)NCCN3CCOCC3)n2)CC1C. The number of hydrogen-bond donors (Lipinski definition) is 1. The first-order chi connectivity index (χ1) is 15.0. The average molecular weight is 471 g/mol. The lowest BCUT2D eigenvalue weighted by atomic mass is 10.1. The summed E-state index contributed by atoms with van der Waals surface area (Å²) in [5.41, 5.74) is 0. The zero-order valence-corrected chi connectivity index (χ0v) is 19.8. The average Bonchev–Trinajstić information content (AvgIpc) is 2.77. The maximum Gasteiger partial charge on any atom is 0.230 e. The fourth-order valence-electron chi connectivity index (χ4n) is 3.71. The van der Waals surface area contributed by atoms with Crippen LogP contribution in [0, 0.1) is 0 Å². The molecule has 1 aromatic heterocycles. The molecule has 9 nitrogen and oxygen atoms in total. The van der Waals surface area contributed by atoms with Gasteiger partial charge in [-0.15, -0.1) is 0 Å². The van der Waals surface area contributed by atoms with Crippen molar-refractivity contribution in [2.45, 2.75) is 31.5 Å². The highest BCUT2D eigenvalue weighted by atomic mass is 35.5. The summed E-state index contributed by atoms with van der Waals surface area (Å²) >= 11 is 7.49. The quantitative estimate of drug-likeness (QED) is 0.343. The van der Waals surface area contributed by atoms with E-state index in [1.807, 2.05) is 18.7 Å². The van der Waals surface area contributed by atoms with E-state index in [1.165, 1.54) is 11.8 Å². The highest BCUT2D eigenvalue weighted by Crippen LogP contribution is 2.24. The first-order valence-electron chi connectivity index (χ1n) is 10.7. The molecule has 0 spiro atoms. The molecule has 172 valence electrons. The monoisotopic (exact) mass is 470 g/mol. The van der Waals surface area contributed by atoms with Crippen LogP contribution in [0.4, 0.5) is 5.82 Å². The Morgan fingerprint density at radius 1 is 1.26 bits per heavy atom. The largest absolute Gasteiger partial charge is 0.379 e. The lowest BCUT2D eigenvalue weighted by Gasteiger charge is -2.40. The van der Waals surface area contributed by atoms with Crippen molar-refractivity contribution < 1.29 is 14.3 Å². The minimum atomic E-state index is -0.0521. The highest BCUT2D eigenvalue weighted by molar-refractivity contribution is 7.99. The van der Waals surface area contributed by atoms with Crippen molar-refractivity contribution in [3.05, 3.63) is 11.2 Å². The maximum absolute atomic E-state index is 12.2. The van der Waals surface area contributed by atoms with Crippen LogP contribution in [-0.2, 0) is 14.3 Å². The number of halogens is 1. The minimum Gasteiger partial charge on any atom is -0.379 e. The summed E-state index contributed by atoms with van der Waals surface area (Å²) in [6.07, 6.45) is 0.513. The summed E-state index contributed by atoms with van der Waals surface area (Å²) in [4.78, 5) is 39.4. The fourth-order valence-corrected chi connectivity index (χ4v) is 4.62. The number of ether oxygens (including phenoxy) is 1. The van der Waals surface area contributed by atoms with E-state index in [1.54, 1.807) is 6.07 Å². The molecule has 2 amide bonds. The smallest absolute Gasteiger partial charge is 0.230 e. The third kappa shape index (κ3) is 7.20. The molecule has 0 aliphatic carbocycles. The van der Waals surface area contributed by atoms with Crippen LogP contribution in [0.1, 0.15) is 20.3 Å². The number of nitrogens with zero attached hydrogens (tertiary/aromatic N) is 5. The molecule has 1 unspecified atom stereocenters. The van der Waals surface area contributed by atoms with Gasteiger partial charge in [-0.2, -0.15) is 0 Å². The molecule has 2 aliphatic heterocycles. The van der Waals surface area contributed by atoms with Gasteiger partial charge in [0.15, 0.2) is 5.16 Å². The van der Waals surface area contributed by atoms with Gasteiger partial charge in [0.1, 0.15) is 11.0 Å². The Balaban J connectivity index is 1.48. The van der Waals surface area contributed by atoms with Crippen molar-refractivity contribution in [3.63, 3.8) is 0 Å². The summed E-state index contributed by atoms with van der Waals surface area (Å²) in [6.45, 7) is 10.7. The Kier molecular flexibility index (Phi) is 9.18.